The average Bonchev–Trinajstić information content (AvgIpc) is 2.23. The lowest BCUT2D eigenvalue weighted by atomic mass is 10.2. The number of aromatic nitrogens is 1. The van der Waals surface area contributed by atoms with Crippen molar-refractivity contribution in [3.63, 3.8) is 0 Å². The summed E-state index contributed by atoms with van der Waals surface area (Å²) in [6, 6.07) is 10.9. The van der Waals surface area contributed by atoms with Crippen LogP contribution in [0.2, 0.25) is 0 Å². The van der Waals surface area contributed by atoms with E-state index < -0.39 is 0 Å². The highest BCUT2D eigenvalue weighted by molar-refractivity contribution is 5.78. The Morgan fingerprint density at radius 2 is 2.00 bits per heavy atom. The second-order valence-corrected chi connectivity index (χ2v) is 2.94. The topological polar surface area (TPSA) is 31.2 Å². The molecule has 0 bridgehead atoms. The molecule has 3 heteroatoms. The van der Waals surface area contributed by atoms with E-state index in [0.29, 0.717) is 6.61 Å². The van der Waals surface area contributed by atoms with Gasteiger partial charge in [-0.05, 0) is 19.1 Å². The van der Waals surface area contributed by atoms with Crippen molar-refractivity contribution >= 4 is 10.9 Å². The first-order chi connectivity index (χ1) is 6.83. The monoisotopic (exact) mass is 189 g/mol. The maximum absolute atomic E-state index is 11.5. The summed E-state index contributed by atoms with van der Waals surface area (Å²) in [5.41, 5.74) is 0.674. The molecule has 72 valence electrons. The molecule has 0 saturated heterocycles. The molecule has 0 unspecified atom stereocenters. The largest absolute Gasteiger partial charge is 0.411 e. The number of fused-ring (bicyclic) bond motifs is 1. The molecule has 0 aliphatic carbocycles. The van der Waals surface area contributed by atoms with Gasteiger partial charge in [-0.15, -0.1) is 4.73 Å². The molecule has 1 heterocycles. The summed E-state index contributed by atoms with van der Waals surface area (Å²) in [6.45, 7) is 2.34. The van der Waals surface area contributed by atoms with Gasteiger partial charge >= 0.3 is 0 Å². The van der Waals surface area contributed by atoms with E-state index in [1.807, 2.05) is 31.2 Å². The Labute approximate surface area is 81.5 Å². The van der Waals surface area contributed by atoms with E-state index in [9.17, 15) is 4.79 Å². The van der Waals surface area contributed by atoms with Crippen molar-refractivity contribution in [1.29, 1.82) is 0 Å². The molecule has 0 N–H and O–H groups in total. The van der Waals surface area contributed by atoms with Crippen LogP contribution >= 0.6 is 0 Å². The molecule has 3 nitrogen and oxygen atoms in total. The molecule has 0 radical (unpaired) electrons. The van der Waals surface area contributed by atoms with Crippen molar-refractivity contribution < 1.29 is 4.84 Å². The number of para-hydroxylation sites is 1. The smallest absolute Gasteiger partial charge is 0.283 e. The zero-order chi connectivity index (χ0) is 9.97. The van der Waals surface area contributed by atoms with E-state index in [0.717, 1.165) is 10.9 Å². The van der Waals surface area contributed by atoms with Crippen molar-refractivity contribution in [3.05, 3.63) is 46.8 Å². The fourth-order valence-corrected chi connectivity index (χ4v) is 1.42. The van der Waals surface area contributed by atoms with Crippen molar-refractivity contribution in [1.82, 2.24) is 4.73 Å². The quantitative estimate of drug-likeness (QED) is 0.716. The summed E-state index contributed by atoms with van der Waals surface area (Å²) in [6.07, 6.45) is 0. The Morgan fingerprint density at radius 1 is 1.21 bits per heavy atom. The highest BCUT2D eigenvalue weighted by Crippen LogP contribution is 2.09. The molecule has 0 aliphatic heterocycles. The summed E-state index contributed by atoms with van der Waals surface area (Å²) in [5.74, 6) is 0. The van der Waals surface area contributed by atoms with Crippen LogP contribution in [0.25, 0.3) is 10.9 Å². The SMILES string of the molecule is CCOn1c(=O)ccc2ccccc21. The zero-order valence-corrected chi connectivity index (χ0v) is 7.93. The Balaban J connectivity index is 2.76. The Hall–Kier alpha value is -1.77. The predicted molar refractivity (Wildman–Crippen MR) is 55.3 cm³/mol. The second-order valence-electron chi connectivity index (χ2n) is 2.94. The van der Waals surface area contributed by atoms with Gasteiger partial charge in [0.1, 0.15) is 6.61 Å². The summed E-state index contributed by atoms with van der Waals surface area (Å²) in [7, 11) is 0. The molecule has 0 aliphatic rings. The van der Waals surface area contributed by atoms with Gasteiger partial charge in [-0.3, -0.25) is 4.79 Å². The average molecular weight is 189 g/mol. The molecule has 2 aromatic rings. The van der Waals surface area contributed by atoms with Gasteiger partial charge in [0.15, 0.2) is 0 Å². The molecule has 14 heavy (non-hydrogen) atoms. The van der Waals surface area contributed by atoms with Crippen LogP contribution in [-0.2, 0) is 0 Å². The normalized spacial score (nSPS) is 10.4. The molecular weight excluding hydrogens is 178 g/mol. The molecular formula is C11H11NO2. The lowest BCUT2D eigenvalue weighted by molar-refractivity contribution is 0.124. The molecule has 0 amide bonds. The minimum atomic E-state index is -0.134. The van der Waals surface area contributed by atoms with Crippen LogP contribution < -0.4 is 10.4 Å². The third kappa shape index (κ3) is 1.37. The van der Waals surface area contributed by atoms with Gasteiger partial charge < -0.3 is 4.84 Å². The fourth-order valence-electron chi connectivity index (χ4n) is 1.42. The lowest BCUT2D eigenvalue weighted by Crippen LogP contribution is -2.26. The summed E-state index contributed by atoms with van der Waals surface area (Å²) >= 11 is 0. The van der Waals surface area contributed by atoms with Crippen LogP contribution in [0.15, 0.2) is 41.2 Å². The Morgan fingerprint density at radius 3 is 2.79 bits per heavy atom. The van der Waals surface area contributed by atoms with Crippen LogP contribution in [0, 0.1) is 0 Å². The maximum atomic E-state index is 11.5. The van der Waals surface area contributed by atoms with Gasteiger partial charge in [-0.25, -0.2) is 0 Å². The number of hydrogen-bond acceptors (Lipinski definition) is 2. The standard InChI is InChI=1S/C11H11NO2/c1-2-14-12-10-6-4-3-5-9(10)7-8-11(12)13/h3-8H,2H2,1H3. The van der Waals surface area contributed by atoms with Crippen molar-refractivity contribution in [3.8, 4) is 0 Å². The molecule has 0 saturated carbocycles. The van der Waals surface area contributed by atoms with Crippen LogP contribution in [0.3, 0.4) is 0 Å². The van der Waals surface area contributed by atoms with E-state index in [-0.39, 0.29) is 5.56 Å². The first-order valence-corrected chi connectivity index (χ1v) is 4.57. The zero-order valence-electron chi connectivity index (χ0n) is 7.93. The number of pyridine rings is 1. The number of benzene rings is 1. The van der Waals surface area contributed by atoms with Crippen LogP contribution in [0.4, 0.5) is 0 Å². The van der Waals surface area contributed by atoms with Crippen molar-refractivity contribution in [2.45, 2.75) is 6.92 Å². The van der Waals surface area contributed by atoms with Gasteiger partial charge in [0.2, 0.25) is 0 Å². The number of rotatable bonds is 2. The van der Waals surface area contributed by atoms with Crippen molar-refractivity contribution in [2.75, 3.05) is 6.61 Å². The lowest BCUT2D eigenvalue weighted by Gasteiger charge is -2.08. The summed E-state index contributed by atoms with van der Waals surface area (Å²) < 4.78 is 1.33. The van der Waals surface area contributed by atoms with Gasteiger partial charge in [0.25, 0.3) is 5.56 Å². The Kier molecular flexibility index (Phi) is 2.23. The summed E-state index contributed by atoms with van der Waals surface area (Å²) in [4.78, 5) is 16.7. The first kappa shape index (κ1) is 8.81. The minimum Gasteiger partial charge on any atom is -0.411 e. The highest BCUT2D eigenvalue weighted by Gasteiger charge is 2.01. The van der Waals surface area contributed by atoms with Crippen LogP contribution in [-0.4, -0.2) is 11.3 Å². The second kappa shape index (κ2) is 3.54. The van der Waals surface area contributed by atoms with E-state index >= 15 is 0 Å². The van der Waals surface area contributed by atoms with Crippen LogP contribution in [0.1, 0.15) is 6.92 Å². The molecule has 1 aromatic carbocycles. The van der Waals surface area contributed by atoms with E-state index in [4.69, 9.17) is 4.84 Å². The predicted octanol–water partition coefficient (Wildman–Crippen LogP) is 1.45. The first-order valence-electron chi connectivity index (χ1n) is 4.57. The fraction of sp³-hybridized carbons (Fsp3) is 0.182. The van der Waals surface area contributed by atoms with Gasteiger partial charge in [-0.2, -0.15) is 0 Å². The molecule has 0 spiro atoms. The number of hydrogen-bond donors (Lipinski definition) is 0. The Bertz CT molecular complexity index is 502. The molecule has 1 aromatic heterocycles. The minimum absolute atomic E-state index is 0.134. The third-order valence-electron chi connectivity index (χ3n) is 2.02. The van der Waals surface area contributed by atoms with Gasteiger partial charge in [-0.1, -0.05) is 18.2 Å². The summed E-state index contributed by atoms with van der Waals surface area (Å²) in [5, 5.41) is 1.00. The maximum Gasteiger partial charge on any atom is 0.283 e. The van der Waals surface area contributed by atoms with Gasteiger partial charge in [0.05, 0.1) is 5.52 Å². The highest BCUT2D eigenvalue weighted by atomic mass is 16.7. The van der Waals surface area contributed by atoms with Crippen LogP contribution in [0.5, 0.6) is 0 Å². The third-order valence-corrected chi connectivity index (χ3v) is 2.02. The van der Waals surface area contributed by atoms with Gasteiger partial charge in [0, 0.05) is 11.5 Å². The van der Waals surface area contributed by atoms with E-state index in [1.54, 1.807) is 6.07 Å². The van der Waals surface area contributed by atoms with E-state index in [2.05, 4.69) is 0 Å². The van der Waals surface area contributed by atoms with Crippen molar-refractivity contribution in [2.24, 2.45) is 0 Å². The van der Waals surface area contributed by atoms with E-state index in [1.165, 1.54) is 10.8 Å². The molecule has 0 fully saturated rings. The number of nitrogens with zero attached hydrogens (tertiary/aromatic N) is 1. The molecule has 2 rings (SSSR count). The molecule has 0 atom stereocenters.